The molecule has 1 aliphatic rings. The fourth-order valence-electron chi connectivity index (χ4n) is 3.03. The molecule has 0 spiro atoms. The summed E-state index contributed by atoms with van der Waals surface area (Å²) >= 11 is 0. The molecule has 1 heterocycles. The summed E-state index contributed by atoms with van der Waals surface area (Å²) in [6, 6.07) is 18.6. The summed E-state index contributed by atoms with van der Waals surface area (Å²) in [5.41, 5.74) is 9.95. The van der Waals surface area contributed by atoms with Crippen LogP contribution in [-0.2, 0) is 6.42 Å². The van der Waals surface area contributed by atoms with Crippen LogP contribution in [0, 0.1) is 0 Å². The van der Waals surface area contributed by atoms with E-state index >= 15 is 0 Å². The third-order valence-electron chi connectivity index (χ3n) is 4.30. The van der Waals surface area contributed by atoms with Gasteiger partial charge >= 0.3 is 0 Å². The van der Waals surface area contributed by atoms with Gasteiger partial charge in [0.2, 0.25) is 12.2 Å². The molecule has 2 aromatic rings. The minimum atomic E-state index is -0.140. The Bertz CT molecular complexity index is 735. The highest BCUT2D eigenvalue weighted by Crippen LogP contribution is 2.28. The summed E-state index contributed by atoms with van der Waals surface area (Å²) in [7, 11) is 0. The molecule has 2 N–H and O–H groups in total. The van der Waals surface area contributed by atoms with E-state index in [4.69, 9.17) is 10.5 Å². The minimum Gasteiger partial charge on any atom is -0.494 e. The summed E-state index contributed by atoms with van der Waals surface area (Å²) in [5.74, 6) is 0.891. The van der Waals surface area contributed by atoms with Crippen molar-refractivity contribution >= 4 is 5.57 Å². The van der Waals surface area contributed by atoms with Gasteiger partial charge < -0.3 is 4.74 Å². The molecule has 0 amide bonds. The molecule has 4 nitrogen and oxygen atoms in total. The van der Waals surface area contributed by atoms with E-state index in [0.29, 0.717) is 6.61 Å². The van der Waals surface area contributed by atoms with Crippen molar-refractivity contribution in [1.82, 2.24) is 0 Å². The third kappa shape index (κ3) is 3.54. The predicted molar refractivity (Wildman–Crippen MR) is 95.9 cm³/mol. The van der Waals surface area contributed by atoms with E-state index in [1.54, 1.807) is 0 Å². The number of hydrogen-bond donors (Lipinski definition) is 1. The van der Waals surface area contributed by atoms with Crippen LogP contribution in [0.1, 0.15) is 25.0 Å². The van der Waals surface area contributed by atoms with Gasteiger partial charge in [0.25, 0.3) is 0 Å². The normalized spacial score (nSPS) is 18.0. The Morgan fingerprint density at radius 1 is 1.12 bits per heavy atom. The van der Waals surface area contributed by atoms with E-state index in [1.165, 1.54) is 11.1 Å². The summed E-state index contributed by atoms with van der Waals surface area (Å²) in [5, 5.41) is 4.54. The summed E-state index contributed by atoms with van der Waals surface area (Å²) in [6.45, 7) is 4.81. The van der Waals surface area contributed by atoms with Crippen molar-refractivity contribution < 1.29 is 9.43 Å². The number of nitrogens with two attached hydrogens (primary N) is 1. The van der Waals surface area contributed by atoms with Gasteiger partial charge in [0.15, 0.2) is 0 Å². The average molecular weight is 322 g/mol. The van der Waals surface area contributed by atoms with Crippen LogP contribution >= 0.6 is 0 Å². The fraction of sp³-hybridized carbons (Fsp3) is 0.300. The largest absolute Gasteiger partial charge is 0.494 e. The summed E-state index contributed by atoms with van der Waals surface area (Å²) < 4.78 is 7.49. The second-order valence-electron chi connectivity index (χ2n) is 5.97. The van der Waals surface area contributed by atoms with Crippen LogP contribution in [0.25, 0.3) is 5.57 Å². The molecule has 1 unspecified atom stereocenters. The van der Waals surface area contributed by atoms with E-state index in [9.17, 15) is 0 Å². The first-order valence-corrected chi connectivity index (χ1v) is 8.41. The summed E-state index contributed by atoms with van der Waals surface area (Å²) in [6.07, 6.45) is 2.56. The highest BCUT2D eigenvalue weighted by Gasteiger charge is 2.33. The van der Waals surface area contributed by atoms with E-state index in [0.717, 1.165) is 17.7 Å². The summed E-state index contributed by atoms with van der Waals surface area (Å²) in [4.78, 5) is 0. The van der Waals surface area contributed by atoms with Gasteiger partial charge in [-0.1, -0.05) is 47.2 Å². The molecule has 3 rings (SSSR count). The van der Waals surface area contributed by atoms with Crippen LogP contribution in [0.5, 0.6) is 5.75 Å². The molecule has 4 heteroatoms. The lowest BCUT2D eigenvalue weighted by atomic mass is 10.0. The van der Waals surface area contributed by atoms with Crippen LogP contribution in [0.3, 0.4) is 0 Å². The Hall–Kier alpha value is -2.46. The number of azo groups is 2. The van der Waals surface area contributed by atoms with Crippen LogP contribution in [0.4, 0.5) is 0 Å². The second kappa shape index (κ2) is 7.41. The molecular formula is C20H24N3O+. The van der Waals surface area contributed by atoms with Gasteiger partial charge in [0.05, 0.1) is 18.6 Å². The zero-order valence-corrected chi connectivity index (χ0v) is 14.2. The maximum Gasteiger partial charge on any atom is 0.234 e. The maximum atomic E-state index is 6.38. The molecule has 0 fully saturated rings. The van der Waals surface area contributed by atoms with Gasteiger partial charge in [-0.3, -0.25) is 5.73 Å². The number of ether oxygens (including phenoxy) is 1. The molecule has 2 aromatic carbocycles. The van der Waals surface area contributed by atoms with Crippen molar-refractivity contribution in [3.8, 4) is 5.75 Å². The quantitative estimate of drug-likeness (QED) is 0.822. The number of rotatable bonds is 6. The molecule has 0 saturated carbocycles. The van der Waals surface area contributed by atoms with Crippen LogP contribution in [0.2, 0.25) is 0 Å². The topological polar surface area (TPSA) is 50.6 Å². The lowest BCUT2D eigenvalue weighted by Gasteiger charge is -2.13. The molecular weight excluding hydrogens is 298 g/mol. The van der Waals surface area contributed by atoms with Crippen LogP contribution < -0.4 is 10.5 Å². The van der Waals surface area contributed by atoms with Crippen LogP contribution in [-0.4, -0.2) is 23.5 Å². The molecule has 0 radical (unpaired) electrons. The highest BCUT2D eigenvalue weighted by atomic mass is 16.5. The van der Waals surface area contributed by atoms with Crippen molar-refractivity contribution in [2.24, 2.45) is 10.8 Å². The van der Waals surface area contributed by atoms with Crippen molar-refractivity contribution in [2.75, 3.05) is 6.61 Å². The van der Waals surface area contributed by atoms with Gasteiger partial charge in [-0.05, 0) is 35.3 Å². The SMILES string of the molecule is CCOc1ccc(C2=CN=[N+]([C@@H](N)Cc3ccccc3)C2C)cc1. The molecule has 0 bridgehead atoms. The van der Waals surface area contributed by atoms with Gasteiger partial charge in [0.1, 0.15) is 11.9 Å². The molecule has 0 aromatic heterocycles. The van der Waals surface area contributed by atoms with E-state index in [1.807, 2.05) is 48.2 Å². The Labute approximate surface area is 143 Å². The molecule has 1 aliphatic heterocycles. The van der Waals surface area contributed by atoms with Crippen molar-refractivity contribution in [1.29, 1.82) is 0 Å². The molecule has 2 atom stereocenters. The molecule has 0 saturated heterocycles. The monoisotopic (exact) mass is 322 g/mol. The lowest BCUT2D eigenvalue weighted by molar-refractivity contribution is -0.637. The van der Waals surface area contributed by atoms with Gasteiger partial charge in [0, 0.05) is 6.92 Å². The zero-order chi connectivity index (χ0) is 16.9. The Morgan fingerprint density at radius 3 is 2.50 bits per heavy atom. The highest BCUT2D eigenvalue weighted by molar-refractivity contribution is 5.69. The molecule has 0 aliphatic carbocycles. The average Bonchev–Trinajstić information content (AvgIpc) is 2.98. The van der Waals surface area contributed by atoms with Crippen molar-refractivity contribution in [3.63, 3.8) is 0 Å². The van der Waals surface area contributed by atoms with Crippen LogP contribution in [0.15, 0.2) is 65.9 Å². The number of nitrogens with zero attached hydrogens (tertiary/aromatic N) is 2. The fourth-order valence-corrected chi connectivity index (χ4v) is 3.03. The van der Waals surface area contributed by atoms with Gasteiger partial charge in [-0.2, -0.15) is 0 Å². The number of benzene rings is 2. The van der Waals surface area contributed by atoms with Crippen molar-refractivity contribution in [2.45, 2.75) is 32.5 Å². The Kier molecular flexibility index (Phi) is 5.06. The second-order valence-corrected chi connectivity index (χ2v) is 5.97. The van der Waals surface area contributed by atoms with Gasteiger partial charge in [-0.15, -0.1) is 0 Å². The Morgan fingerprint density at radius 2 is 1.83 bits per heavy atom. The van der Waals surface area contributed by atoms with E-state index < -0.39 is 0 Å². The predicted octanol–water partition coefficient (Wildman–Crippen LogP) is 3.82. The number of hydrogen-bond acceptors (Lipinski definition) is 3. The first-order chi connectivity index (χ1) is 11.7. The van der Waals surface area contributed by atoms with E-state index in [2.05, 4.69) is 36.3 Å². The third-order valence-corrected chi connectivity index (χ3v) is 4.30. The van der Waals surface area contributed by atoms with E-state index in [-0.39, 0.29) is 12.2 Å². The minimum absolute atomic E-state index is 0.140. The van der Waals surface area contributed by atoms with Crippen molar-refractivity contribution in [3.05, 3.63) is 71.9 Å². The maximum absolute atomic E-state index is 6.38. The molecule has 124 valence electrons. The Balaban J connectivity index is 1.68. The molecule has 24 heavy (non-hydrogen) atoms. The zero-order valence-electron chi connectivity index (χ0n) is 14.2. The first kappa shape index (κ1) is 16.4. The first-order valence-electron chi connectivity index (χ1n) is 8.41. The van der Waals surface area contributed by atoms with Gasteiger partial charge in [-0.25, -0.2) is 0 Å². The smallest absolute Gasteiger partial charge is 0.234 e. The standard InChI is InChI=1S/C20H24N3O/c1-3-24-18-11-9-17(10-12-18)19-14-22-23(15(19)2)20(21)13-16-7-5-4-6-8-16/h4-12,14-15,20H,3,13,21H2,1-2H3/q+1/t15?,20-/m1/s1. The lowest BCUT2D eigenvalue weighted by Crippen LogP contribution is -2.39.